The summed E-state index contributed by atoms with van der Waals surface area (Å²) in [6, 6.07) is 11.8. The predicted octanol–water partition coefficient (Wildman–Crippen LogP) is 2.71. The first-order valence-corrected chi connectivity index (χ1v) is 6.98. The summed E-state index contributed by atoms with van der Waals surface area (Å²) in [4.78, 5) is 6.43. The highest BCUT2D eigenvalue weighted by molar-refractivity contribution is 5.45. The van der Waals surface area contributed by atoms with E-state index in [4.69, 9.17) is 10.5 Å². The Morgan fingerprint density at radius 2 is 1.85 bits per heavy atom. The number of anilines is 2. The summed E-state index contributed by atoms with van der Waals surface area (Å²) in [7, 11) is 0. The van der Waals surface area contributed by atoms with E-state index in [9.17, 15) is 0 Å². The Morgan fingerprint density at radius 1 is 1.10 bits per heavy atom. The van der Waals surface area contributed by atoms with Gasteiger partial charge in [0.15, 0.2) is 0 Å². The Hall–Kier alpha value is -2.23. The van der Waals surface area contributed by atoms with Crippen molar-refractivity contribution in [2.45, 2.75) is 18.9 Å². The third-order valence-electron chi connectivity index (χ3n) is 3.63. The van der Waals surface area contributed by atoms with E-state index in [0.29, 0.717) is 0 Å². The van der Waals surface area contributed by atoms with Gasteiger partial charge in [0.1, 0.15) is 11.9 Å². The zero-order chi connectivity index (χ0) is 13.8. The quantitative estimate of drug-likeness (QED) is 0.870. The molecule has 20 heavy (non-hydrogen) atoms. The molecular weight excluding hydrogens is 250 g/mol. The smallest absolute Gasteiger partial charge is 0.121 e. The minimum atomic E-state index is 0.273. The molecule has 0 aliphatic carbocycles. The second kappa shape index (κ2) is 5.82. The molecule has 0 unspecified atom stereocenters. The van der Waals surface area contributed by atoms with E-state index in [2.05, 4.69) is 22.0 Å². The average Bonchev–Trinajstić information content (AvgIpc) is 2.49. The van der Waals surface area contributed by atoms with Crippen LogP contribution in [0.3, 0.4) is 0 Å². The number of piperidine rings is 1. The van der Waals surface area contributed by atoms with E-state index < -0.39 is 0 Å². The van der Waals surface area contributed by atoms with Gasteiger partial charge in [0, 0.05) is 55.8 Å². The van der Waals surface area contributed by atoms with Crippen molar-refractivity contribution in [1.29, 1.82) is 0 Å². The molecule has 0 saturated carbocycles. The topological polar surface area (TPSA) is 51.4 Å². The maximum atomic E-state index is 6.00. The van der Waals surface area contributed by atoms with E-state index in [-0.39, 0.29) is 6.10 Å². The average molecular weight is 269 g/mol. The van der Waals surface area contributed by atoms with Crippen molar-refractivity contribution >= 4 is 11.4 Å². The van der Waals surface area contributed by atoms with Gasteiger partial charge in [0.25, 0.3) is 0 Å². The van der Waals surface area contributed by atoms with E-state index in [0.717, 1.165) is 37.4 Å². The van der Waals surface area contributed by atoms with Crippen LogP contribution >= 0.6 is 0 Å². The highest BCUT2D eigenvalue weighted by atomic mass is 16.5. The first kappa shape index (κ1) is 12.8. The third kappa shape index (κ3) is 3.02. The number of aromatic nitrogens is 1. The summed E-state index contributed by atoms with van der Waals surface area (Å²) in [5.41, 5.74) is 7.75. The lowest BCUT2D eigenvalue weighted by Gasteiger charge is -2.33. The maximum Gasteiger partial charge on any atom is 0.121 e. The molecule has 1 fully saturated rings. The highest BCUT2D eigenvalue weighted by Crippen LogP contribution is 2.23. The number of pyridine rings is 1. The van der Waals surface area contributed by atoms with Crippen LogP contribution in [-0.4, -0.2) is 24.2 Å². The van der Waals surface area contributed by atoms with Crippen LogP contribution < -0.4 is 15.4 Å². The molecule has 4 nitrogen and oxygen atoms in total. The number of benzene rings is 1. The SMILES string of the molecule is Nc1cccc(OC2CCN(c3ccncc3)CC2)c1. The number of hydrogen-bond acceptors (Lipinski definition) is 4. The largest absolute Gasteiger partial charge is 0.490 e. The fourth-order valence-corrected chi connectivity index (χ4v) is 2.57. The van der Waals surface area contributed by atoms with Gasteiger partial charge >= 0.3 is 0 Å². The summed E-state index contributed by atoms with van der Waals surface area (Å²) in [6.07, 6.45) is 6.00. The molecule has 2 aromatic rings. The van der Waals surface area contributed by atoms with Crippen molar-refractivity contribution in [1.82, 2.24) is 4.98 Å². The molecule has 3 rings (SSSR count). The Morgan fingerprint density at radius 3 is 2.55 bits per heavy atom. The minimum absolute atomic E-state index is 0.273. The van der Waals surface area contributed by atoms with E-state index in [1.165, 1.54) is 5.69 Å². The lowest BCUT2D eigenvalue weighted by Crippen LogP contribution is -2.38. The number of nitrogen functional groups attached to an aromatic ring is 1. The first-order chi connectivity index (χ1) is 9.81. The molecule has 0 atom stereocenters. The summed E-state index contributed by atoms with van der Waals surface area (Å²) in [5, 5.41) is 0. The number of hydrogen-bond donors (Lipinski definition) is 1. The molecule has 1 aliphatic rings. The maximum absolute atomic E-state index is 6.00. The molecule has 2 heterocycles. The summed E-state index contributed by atoms with van der Waals surface area (Å²) < 4.78 is 6.00. The van der Waals surface area contributed by atoms with E-state index in [1.54, 1.807) is 0 Å². The lowest BCUT2D eigenvalue weighted by atomic mass is 10.1. The van der Waals surface area contributed by atoms with Crippen molar-refractivity contribution in [2.24, 2.45) is 0 Å². The van der Waals surface area contributed by atoms with Crippen molar-refractivity contribution in [3.63, 3.8) is 0 Å². The molecule has 2 N–H and O–H groups in total. The number of nitrogens with zero attached hydrogens (tertiary/aromatic N) is 2. The standard InChI is InChI=1S/C16H19N3O/c17-13-2-1-3-16(12-13)20-15-6-10-19(11-7-15)14-4-8-18-9-5-14/h1-5,8-9,12,15H,6-7,10-11,17H2. The van der Waals surface area contributed by atoms with Gasteiger partial charge in [-0.15, -0.1) is 0 Å². The van der Waals surface area contributed by atoms with Gasteiger partial charge in [-0.05, 0) is 24.3 Å². The van der Waals surface area contributed by atoms with Crippen LogP contribution in [0, 0.1) is 0 Å². The molecule has 104 valence electrons. The van der Waals surface area contributed by atoms with Gasteiger partial charge in [0.05, 0.1) is 0 Å². The molecule has 1 saturated heterocycles. The number of ether oxygens (including phenoxy) is 1. The van der Waals surface area contributed by atoms with Crippen LogP contribution in [0.5, 0.6) is 5.75 Å². The van der Waals surface area contributed by atoms with Crippen LogP contribution in [0.25, 0.3) is 0 Å². The fraction of sp³-hybridized carbons (Fsp3) is 0.312. The Labute approximate surface area is 119 Å². The molecule has 0 amide bonds. The van der Waals surface area contributed by atoms with Gasteiger partial charge in [-0.2, -0.15) is 0 Å². The van der Waals surface area contributed by atoms with Crippen molar-refractivity contribution in [3.05, 3.63) is 48.8 Å². The number of nitrogens with two attached hydrogens (primary N) is 1. The highest BCUT2D eigenvalue weighted by Gasteiger charge is 2.20. The van der Waals surface area contributed by atoms with Crippen LogP contribution in [0.2, 0.25) is 0 Å². The number of rotatable bonds is 3. The molecular formula is C16H19N3O. The Bertz CT molecular complexity index is 551. The zero-order valence-electron chi connectivity index (χ0n) is 11.4. The van der Waals surface area contributed by atoms with Gasteiger partial charge < -0.3 is 15.4 Å². The van der Waals surface area contributed by atoms with Crippen LogP contribution in [0.4, 0.5) is 11.4 Å². The zero-order valence-corrected chi connectivity index (χ0v) is 11.4. The van der Waals surface area contributed by atoms with E-state index in [1.807, 2.05) is 36.7 Å². The molecule has 0 bridgehead atoms. The molecule has 0 spiro atoms. The van der Waals surface area contributed by atoms with E-state index >= 15 is 0 Å². The van der Waals surface area contributed by atoms with Gasteiger partial charge in [-0.25, -0.2) is 0 Å². The van der Waals surface area contributed by atoms with Gasteiger partial charge in [-0.3, -0.25) is 4.98 Å². The first-order valence-electron chi connectivity index (χ1n) is 6.98. The second-order valence-electron chi connectivity index (χ2n) is 5.08. The van der Waals surface area contributed by atoms with Gasteiger partial charge in [0.2, 0.25) is 0 Å². The molecule has 1 aromatic carbocycles. The van der Waals surface area contributed by atoms with Crippen LogP contribution in [0.15, 0.2) is 48.8 Å². The van der Waals surface area contributed by atoms with Gasteiger partial charge in [-0.1, -0.05) is 6.07 Å². The van der Waals surface area contributed by atoms with Crippen molar-refractivity contribution < 1.29 is 4.74 Å². The second-order valence-corrected chi connectivity index (χ2v) is 5.08. The van der Waals surface area contributed by atoms with Crippen molar-refractivity contribution in [3.8, 4) is 5.75 Å². The minimum Gasteiger partial charge on any atom is -0.490 e. The van der Waals surface area contributed by atoms with Crippen molar-refractivity contribution in [2.75, 3.05) is 23.7 Å². The summed E-state index contributed by atoms with van der Waals surface area (Å²) in [5.74, 6) is 0.868. The monoisotopic (exact) mass is 269 g/mol. The van der Waals surface area contributed by atoms with Crippen LogP contribution in [0.1, 0.15) is 12.8 Å². The molecule has 1 aromatic heterocycles. The normalized spacial score (nSPS) is 16.1. The van der Waals surface area contributed by atoms with Crippen LogP contribution in [-0.2, 0) is 0 Å². The summed E-state index contributed by atoms with van der Waals surface area (Å²) in [6.45, 7) is 2.02. The lowest BCUT2D eigenvalue weighted by molar-refractivity contribution is 0.171. The fourth-order valence-electron chi connectivity index (χ4n) is 2.57. The Balaban J connectivity index is 1.56. The third-order valence-corrected chi connectivity index (χ3v) is 3.63. The molecule has 0 radical (unpaired) electrons. The molecule has 4 heteroatoms. The summed E-state index contributed by atoms with van der Waals surface area (Å²) >= 11 is 0. The Kier molecular flexibility index (Phi) is 3.72. The molecule has 1 aliphatic heterocycles. The predicted molar refractivity (Wildman–Crippen MR) is 81.0 cm³/mol.